The summed E-state index contributed by atoms with van der Waals surface area (Å²) < 4.78 is 5.96. The van der Waals surface area contributed by atoms with Gasteiger partial charge in [-0.15, -0.1) is 22.7 Å². The Balaban J connectivity index is 1.02. The summed E-state index contributed by atoms with van der Waals surface area (Å²) in [6.07, 6.45) is 4.27. The van der Waals surface area contributed by atoms with Crippen molar-refractivity contribution in [3.05, 3.63) is 176 Å². The molecule has 3 nitrogen and oxygen atoms in total. The molecule has 50 heavy (non-hydrogen) atoms. The van der Waals surface area contributed by atoms with Crippen LogP contribution in [0.4, 0.5) is 17.1 Å². The molecule has 10 aromatic rings. The van der Waals surface area contributed by atoms with E-state index in [-0.39, 0.29) is 0 Å². The molecule has 4 aromatic heterocycles. The molecule has 10 rings (SSSR count). The summed E-state index contributed by atoms with van der Waals surface area (Å²) in [5.74, 6) is 0. The number of para-hydroxylation sites is 1. The highest BCUT2D eigenvalue weighted by Crippen LogP contribution is 2.39. The van der Waals surface area contributed by atoms with Crippen LogP contribution in [0.5, 0.6) is 0 Å². The summed E-state index contributed by atoms with van der Waals surface area (Å²) in [5, 5.41) is 3.59. The molecule has 0 atom stereocenters. The second-order valence-corrected chi connectivity index (χ2v) is 14.5. The maximum atomic E-state index is 4.85. The summed E-state index contributed by atoms with van der Waals surface area (Å²) in [6, 6.07) is 61.0. The smallest absolute Gasteiger partial charge is 0.133 e. The third-order valence-electron chi connectivity index (χ3n) is 9.30. The van der Waals surface area contributed by atoms with E-state index in [0.717, 1.165) is 33.1 Å². The van der Waals surface area contributed by atoms with E-state index < -0.39 is 0 Å². The van der Waals surface area contributed by atoms with Crippen molar-refractivity contribution in [3.8, 4) is 32.8 Å². The van der Waals surface area contributed by atoms with E-state index >= 15 is 0 Å². The van der Waals surface area contributed by atoms with E-state index in [4.69, 9.17) is 4.98 Å². The van der Waals surface area contributed by atoms with E-state index in [1.165, 1.54) is 52.6 Å². The number of rotatable bonds is 6. The molecule has 0 fully saturated rings. The second-order valence-electron chi connectivity index (χ2n) is 12.4. The van der Waals surface area contributed by atoms with E-state index in [9.17, 15) is 0 Å². The average Bonchev–Trinajstić information content (AvgIpc) is 3.91. The Labute approximate surface area is 297 Å². The van der Waals surface area contributed by atoms with Crippen LogP contribution in [-0.2, 0) is 0 Å². The van der Waals surface area contributed by atoms with Gasteiger partial charge in [-0.2, -0.15) is 0 Å². The quantitative estimate of drug-likeness (QED) is 0.175. The first-order chi connectivity index (χ1) is 24.7. The molecular formula is C45H27N3S2. The first-order valence-electron chi connectivity index (χ1n) is 16.5. The third kappa shape index (κ3) is 5.02. The Bertz CT molecular complexity index is 2620. The molecule has 0 aliphatic rings. The van der Waals surface area contributed by atoms with Crippen LogP contribution in [0.25, 0.3) is 68.7 Å². The van der Waals surface area contributed by atoms with E-state index in [2.05, 4.69) is 179 Å². The van der Waals surface area contributed by atoms with Crippen LogP contribution in [0.15, 0.2) is 164 Å². The summed E-state index contributed by atoms with van der Waals surface area (Å²) in [4.78, 5) is 7.10. The topological polar surface area (TPSA) is 20.5 Å². The number of benzene rings is 5. The molecule has 0 bridgehead atoms. The largest absolute Gasteiger partial charge is 0.323 e. The fraction of sp³-hybridized carbons (Fsp3) is 0. The van der Waals surface area contributed by atoms with Crippen molar-refractivity contribution in [2.45, 2.75) is 0 Å². The number of thiophene rings is 1. The standard InChI is InChI=1S/C45H27N3S2/c1-3-10-42-39(8-1)40-25-18-33(28-44(40)49-42)30-12-19-35(20-13-30)48(36-21-14-31(15-22-36)34-27-38-7-5-6-26-47(38)29-34)37-23-16-32(17-24-37)45-46-41-9-2-4-11-43(41)50-45/h1-16,18-23,25-29H. The van der Waals surface area contributed by atoms with Gasteiger partial charge in [-0.1, -0.05) is 78.9 Å². The van der Waals surface area contributed by atoms with E-state index in [1.807, 2.05) is 17.4 Å². The van der Waals surface area contributed by atoms with Crippen molar-refractivity contribution >= 4 is 75.6 Å². The van der Waals surface area contributed by atoms with Crippen molar-refractivity contribution < 1.29 is 0 Å². The van der Waals surface area contributed by atoms with Crippen molar-refractivity contribution in [3.63, 3.8) is 0 Å². The van der Waals surface area contributed by atoms with Crippen molar-refractivity contribution in [2.75, 3.05) is 4.90 Å². The van der Waals surface area contributed by atoms with Gasteiger partial charge in [-0.3, -0.25) is 0 Å². The lowest BCUT2D eigenvalue weighted by atomic mass is 10.0. The van der Waals surface area contributed by atoms with Gasteiger partial charge in [0.05, 0.1) is 21.5 Å². The minimum atomic E-state index is 0.914. The highest BCUT2D eigenvalue weighted by molar-refractivity contribution is 7.25. The van der Waals surface area contributed by atoms with Gasteiger partial charge in [0.25, 0.3) is 0 Å². The summed E-state index contributed by atoms with van der Waals surface area (Å²) in [7, 11) is 0. The molecular weight excluding hydrogens is 647 g/mol. The maximum absolute atomic E-state index is 4.85. The van der Waals surface area contributed by atoms with Gasteiger partial charge < -0.3 is 9.30 Å². The number of fused-ring (bicyclic) bond motifs is 5. The molecule has 0 saturated carbocycles. The zero-order chi connectivity index (χ0) is 33.0. The molecule has 0 N–H and O–H groups in total. The third-order valence-corrected chi connectivity index (χ3v) is 11.5. The van der Waals surface area contributed by atoms with Gasteiger partial charge >= 0.3 is 0 Å². The maximum Gasteiger partial charge on any atom is 0.133 e. The molecule has 0 aliphatic heterocycles. The first-order valence-corrected chi connectivity index (χ1v) is 18.2. The number of nitrogens with zero attached hydrogens (tertiary/aromatic N) is 3. The number of thiazole rings is 1. The lowest BCUT2D eigenvalue weighted by molar-refractivity contribution is 1.20. The van der Waals surface area contributed by atoms with Gasteiger partial charge in [-0.25, -0.2) is 4.98 Å². The minimum Gasteiger partial charge on any atom is -0.323 e. The van der Waals surface area contributed by atoms with Gasteiger partial charge in [0, 0.05) is 55.0 Å². The number of hydrogen-bond donors (Lipinski definition) is 0. The highest BCUT2D eigenvalue weighted by atomic mass is 32.1. The number of pyridine rings is 1. The van der Waals surface area contributed by atoms with Crippen LogP contribution in [0.2, 0.25) is 0 Å². The fourth-order valence-electron chi connectivity index (χ4n) is 6.77. The molecule has 5 heteroatoms. The Morgan fingerprint density at radius 1 is 0.520 bits per heavy atom. The van der Waals surface area contributed by atoms with Gasteiger partial charge in [0.15, 0.2) is 0 Å². The van der Waals surface area contributed by atoms with Crippen LogP contribution in [0.1, 0.15) is 0 Å². The Morgan fingerprint density at radius 2 is 1.22 bits per heavy atom. The lowest BCUT2D eigenvalue weighted by Crippen LogP contribution is -2.09. The summed E-state index contributed by atoms with van der Waals surface area (Å²) >= 11 is 3.54. The number of aromatic nitrogens is 2. The average molecular weight is 674 g/mol. The minimum absolute atomic E-state index is 0.914. The Morgan fingerprint density at radius 3 is 1.98 bits per heavy atom. The first kappa shape index (κ1) is 28.8. The second kappa shape index (κ2) is 11.7. The number of anilines is 3. The lowest BCUT2D eigenvalue weighted by Gasteiger charge is -2.24. The monoisotopic (exact) mass is 673 g/mol. The van der Waals surface area contributed by atoms with E-state index in [1.54, 1.807) is 11.3 Å². The van der Waals surface area contributed by atoms with Crippen LogP contribution in [0, 0.1) is 12.1 Å². The molecule has 234 valence electrons. The summed E-state index contributed by atoms with van der Waals surface area (Å²) in [6.45, 7) is 0. The molecule has 0 spiro atoms. The predicted octanol–water partition coefficient (Wildman–Crippen LogP) is 13.0. The summed E-state index contributed by atoms with van der Waals surface area (Å²) in [5.41, 5.74) is 10.9. The van der Waals surface area contributed by atoms with Gasteiger partial charge in [0.1, 0.15) is 5.01 Å². The molecule has 6 aromatic carbocycles. The van der Waals surface area contributed by atoms with Gasteiger partial charge in [0.2, 0.25) is 0 Å². The zero-order valence-electron chi connectivity index (χ0n) is 26.7. The molecule has 0 amide bonds. The zero-order valence-corrected chi connectivity index (χ0v) is 28.4. The van der Waals surface area contributed by atoms with Crippen LogP contribution in [0.3, 0.4) is 0 Å². The van der Waals surface area contributed by atoms with Crippen molar-refractivity contribution in [1.29, 1.82) is 0 Å². The van der Waals surface area contributed by atoms with Crippen LogP contribution >= 0.6 is 22.7 Å². The SMILES string of the molecule is c1c(-c2nc3ccccc3s2)ccc(N(c2ccc(-c3ccc4c(c3)sc3ccccc34)cc2)c2ccc(-c3cc4ccccn4c3)cc2)c#1. The fourth-order valence-corrected chi connectivity index (χ4v) is 8.86. The Hall–Kier alpha value is -6.19. The van der Waals surface area contributed by atoms with Crippen LogP contribution < -0.4 is 4.90 Å². The number of hydrogen-bond acceptors (Lipinski definition) is 4. The predicted molar refractivity (Wildman–Crippen MR) is 212 cm³/mol. The normalized spacial score (nSPS) is 11.4. The molecule has 4 heterocycles. The molecule has 0 saturated heterocycles. The van der Waals surface area contributed by atoms with Crippen LogP contribution in [-0.4, -0.2) is 9.38 Å². The van der Waals surface area contributed by atoms with Crippen molar-refractivity contribution in [1.82, 2.24) is 9.38 Å². The van der Waals surface area contributed by atoms with Gasteiger partial charge in [-0.05, 0) is 102 Å². The van der Waals surface area contributed by atoms with E-state index in [0.29, 0.717) is 0 Å². The Kier molecular flexibility index (Phi) is 6.76. The van der Waals surface area contributed by atoms with Crippen molar-refractivity contribution in [2.24, 2.45) is 0 Å². The molecule has 0 unspecified atom stereocenters. The highest BCUT2D eigenvalue weighted by Gasteiger charge is 2.15. The molecule has 0 radical (unpaired) electrons. The molecule has 0 aliphatic carbocycles.